The Balaban J connectivity index is 1.89. The van der Waals surface area contributed by atoms with E-state index in [0.29, 0.717) is 6.67 Å². The highest BCUT2D eigenvalue weighted by Gasteiger charge is 2.28. The summed E-state index contributed by atoms with van der Waals surface area (Å²) < 4.78 is 0. The van der Waals surface area contributed by atoms with Gasteiger partial charge in [0.2, 0.25) is 0 Å². The van der Waals surface area contributed by atoms with Crippen LogP contribution in [0.15, 0.2) is 23.3 Å². The zero-order valence-electron chi connectivity index (χ0n) is 13.0. The van der Waals surface area contributed by atoms with Crippen LogP contribution in [0.1, 0.15) is 26.3 Å². The Bertz CT molecular complexity index is 531. The highest BCUT2D eigenvalue weighted by atomic mass is 16.7. The first-order valence-corrected chi connectivity index (χ1v) is 7.47. The highest BCUT2D eigenvalue weighted by molar-refractivity contribution is 6.03. The number of nitrogens with zero attached hydrogens (tertiary/aromatic N) is 4. The van der Waals surface area contributed by atoms with Gasteiger partial charge < -0.3 is 10.2 Å². The van der Waals surface area contributed by atoms with Gasteiger partial charge in [0, 0.05) is 32.4 Å². The Morgan fingerprint density at radius 2 is 2.00 bits per heavy atom. The van der Waals surface area contributed by atoms with Gasteiger partial charge in [0.1, 0.15) is 12.5 Å². The third kappa shape index (κ3) is 3.16. The number of aliphatic imine (C=N–C) groups is 1. The molecular weight excluding hydrogens is 266 g/mol. The average Bonchev–Trinajstić information content (AvgIpc) is 2.47. The van der Waals surface area contributed by atoms with Crippen molar-refractivity contribution in [3.05, 3.63) is 23.9 Å². The third-order valence-corrected chi connectivity index (χ3v) is 3.41. The zero-order chi connectivity index (χ0) is 14.9. The molecule has 0 aliphatic carbocycles. The molecule has 0 aromatic carbocycles. The number of pyridine rings is 1. The van der Waals surface area contributed by atoms with Gasteiger partial charge >= 0.3 is 0 Å². The van der Waals surface area contributed by atoms with Crippen LogP contribution in [-0.2, 0) is 4.84 Å². The third-order valence-electron chi connectivity index (χ3n) is 3.41. The predicted molar refractivity (Wildman–Crippen MR) is 83.4 cm³/mol. The number of nitrogens with one attached hydrogen (secondary N) is 1. The number of aromatic nitrogens is 1. The second kappa shape index (κ2) is 5.61. The summed E-state index contributed by atoms with van der Waals surface area (Å²) in [6, 6.07) is 4.03. The van der Waals surface area contributed by atoms with Crippen molar-refractivity contribution in [2.24, 2.45) is 4.99 Å². The standard InChI is InChI=1S/C15H23N5O/c1-15(2,3)21-20-11-18-13(19-9-7-16-8-10-19)12-5-4-6-17-14(12)20/h4-6,16H,7-11H2,1-3H3. The molecule has 21 heavy (non-hydrogen) atoms. The van der Waals surface area contributed by atoms with Crippen LogP contribution in [0.25, 0.3) is 0 Å². The first-order valence-electron chi connectivity index (χ1n) is 7.47. The molecule has 0 spiro atoms. The largest absolute Gasteiger partial charge is 0.354 e. The van der Waals surface area contributed by atoms with Crippen LogP contribution >= 0.6 is 0 Å². The average molecular weight is 289 g/mol. The smallest absolute Gasteiger partial charge is 0.165 e. The normalized spacial score (nSPS) is 19.3. The summed E-state index contributed by atoms with van der Waals surface area (Å²) in [5, 5.41) is 5.16. The van der Waals surface area contributed by atoms with Crippen molar-refractivity contribution < 1.29 is 4.84 Å². The van der Waals surface area contributed by atoms with E-state index in [-0.39, 0.29) is 5.60 Å². The fraction of sp³-hybridized carbons (Fsp3) is 0.600. The molecule has 6 nitrogen and oxygen atoms in total. The molecule has 6 heteroatoms. The van der Waals surface area contributed by atoms with Crippen LogP contribution in [0, 0.1) is 0 Å². The topological polar surface area (TPSA) is 53.0 Å². The molecule has 1 saturated heterocycles. The fourth-order valence-corrected chi connectivity index (χ4v) is 2.60. The lowest BCUT2D eigenvalue weighted by atomic mass is 10.1. The molecule has 1 N–H and O–H groups in total. The summed E-state index contributed by atoms with van der Waals surface area (Å²) in [4.78, 5) is 17.5. The van der Waals surface area contributed by atoms with E-state index in [1.54, 1.807) is 11.3 Å². The first kappa shape index (κ1) is 14.3. The van der Waals surface area contributed by atoms with Gasteiger partial charge in [-0.3, -0.25) is 4.84 Å². The van der Waals surface area contributed by atoms with Crippen molar-refractivity contribution in [3.8, 4) is 0 Å². The molecule has 114 valence electrons. The number of hydroxylamine groups is 1. The van der Waals surface area contributed by atoms with Crippen LogP contribution < -0.4 is 10.4 Å². The van der Waals surface area contributed by atoms with Gasteiger partial charge in [-0.1, -0.05) is 0 Å². The Hall–Kier alpha value is -1.66. The number of hydrogen-bond acceptors (Lipinski definition) is 6. The second-order valence-electron chi connectivity index (χ2n) is 6.32. The molecule has 0 bridgehead atoms. The van der Waals surface area contributed by atoms with Crippen molar-refractivity contribution in [3.63, 3.8) is 0 Å². The molecule has 0 unspecified atom stereocenters. The van der Waals surface area contributed by atoms with Gasteiger partial charge in [-0.25, -0.2) is 15.0 Å². The predicted octanol–water partition coefficient (Wildman–Crippen LogP) is 1.24. The van der Waals surface area contributed by atoms with E-state index in [1.165, 1.54) is 0 Å². The molecule has 0 amide bonds. The Labute approximate surface area is 125 Å². The molecule has 0 saturated carbocycles. The van der Waals surface area contributed by atoms with Crippen LogP contribution in [0.4, 0.5) is 5.82 Å². The maximum atomic E-state index is 5.97. The number of rotatable bonds is 1. The summed E-state index contributed by atoms with van der Waals surface area (Å²) in [6.45, 7) is 10.5. The van der Waals surface area contributed by atoms with Crippen LogP contribution in [0.2, 0.25) is 0 Å². The van der Waals surface area contributed by atoms with E-state index in [2.05, 4.69) is 21.3 Å². The quantitative estimate of drug-likeness (QED) is 0.843. The molecule has 0 atom stereocenters. The lowest BCUT2D eigenvalue weighted by molar-refractivity contribution is -0.0220. The summed E-state index contributed by atoms with van der Waals surface area (Å²) >= 11 is 0. The molecule has 2 aliphatic rings. The Morgan fingerprint density at radius 3 is 2.71 bits per heavy atom. The van der Waals surface area contributed by atoms with Crippen molar-refractivity contribution in [2.75, 3.05) is 37.9 Å². The van der Waals surface area contributed by atoms with Gasteiger partial charge in [0.25, 0.3) is 0 Å². The Morgan fingerprint density at radius 1 is 1.24 bits per heavy atom. The van der Waals surface area contributed by atoms with Gasteiger partial charge in [-0.05, 0) is 32.9 Å². The number of anilines is 1. The molecule has 1 aromatic rings. The number of hydrogen-bond donors (Lipinski definition) is 1. The van der Waals surface area contributed by atoms with Gasteiger partial charge in [-0.15, -0.1) is 0 Å². The van der Waals surface area contributed by atoms with E-state index >= 15 is 0 Å². The minimum Gasteiger partial charge on any atom is -0.354 e. The van der Waals surface area contributed by atoms with Crippen LogP contribution in [0.5, 0.6) is 0 Å². The van der Waals surface area contributed by atoms with Crippen molar-refractivity contribution >= 4 is 11.7 Å². The molecule has 3 heterocycles. The molecule has 2 aliphatic heterocycles. The number of fused-ring (bicyclic) bond motifs is 1. The number of piperazine rings is 1. The van der Waals surface area contributed by atoms with Gasteiger partial charge in [0.15, 0.2) is 5.82 Å². The maximum Gasteiger partial charge on any atom is 0.165 e. The maximum absolute atomic E-state index is 5.97. The van der Waals surface area contributed by atoms with E-state index in [4.69, 9.17) is 9.83 Å². The summed E-state index contributed by atoms with van der Waals surface area (Å²) in [5.74, 6) is 1.89. The Kier molecular flexibility index (Phi) is 3.82. The SMILES string of the molecule is CC(C)(C)ON1CN=C(N2CCNCC2)c2cccnc21. The van der Waals surface area contributed by atoms with E-state index in [1.807, 2.05) is 26.8 Å². The summed E-state index contributed by atoms with van der Waals surface area (Å²) in [6.07, 6.45) is 1.80. The van der Waals surface area contributed by atoms with E-state index in [9.17, 15) is 0 Å². The van der Waals surface area contributed by atoms with Gasteiger partial charge in [0.05, 0.1) is 11.2 Å². The molecule has 1 fully saturated rings. The van der Waals surface area contributed by atoms with Crippen LogP contribution in [0.3, 0.4) is 0 Å². The van der Waals surface area contributed by atoms with Crippen molar-refractivity contribution in [1.82, 2.24) is 15.2 Å². The van der Waals surface area contributed by atoms with Crippen molar-refractivity contribution in [1.29, 1.82) is 0 Å². The van der Waals surface area contributed by atoms with Crippen molar-refractivity contribution in [2.45, 2.75) is 26.4 Å². The van der Waals surface area contributed by atoms with E-state index in [0.717, 1.165) is 43.4 Å². The highest BCUT2D eigenvalue weighted by Crippen LogP contribution is 2.26. The van der Waals surface area contributed by atoms with Gasteiger partial charge in [-0.2, -0.15) is 0 Å². The molecule has 1 aromatic heterocycles. The fourth-order valence-electron chi connectivity index (χ4n) is 2.60. The summed E-state index contributed by atoms with van der Waals surface area (Å²) in [7, 11) is 0. The zero-order valence-corrected chi connectivity index (χ0v) is 13.0. The summed E-state index contributed by atoms with van der Waals surface area (Å²) in [5.41, 5.74) is 0.784. The second-order valence-corrected chi connectivity index (χ2v) is 6.32. The first-order chi connectivity index (χ1) is 10.0. The molecule has 3 rings (SSSR count). The lowest BCUT2D eigenvalue weighted by Crippen LogP contribution is -2.49. The minimum absolute atomic E-state index is 0.267. The molecular formula is C15H23N5O. The number of amidine groups is 1. The monoisotopic (exact) mass is 289 g/mol. The van der Waals surface area contributed by atoms with E-state index < -0.39 is 0 Å². The lowest BCUT2D eigenvalue weighted by Gasteiger charge is -2.37. The minimum atomic E-state index is -0.267. The molecule has 0 radical (unpaired) electrons. The van der Waals surface area contributed by atoms with Crippen LogP contribution in [-0.4, -0.2) is 54.2 Å².